The van der Waals surface area contributed by atoms with Crippen molar-refractivity contribution in [2.24, 2.45) is 22.9 Å². The van der Waals surface area contributed by atoms with E-state index in [2.05, 4.69) is 133 Å². The predicted octanol–water partition coefficient (Wildman–Crippen LogP) is 9.72. The molecule has 0 amide bonds. The summed E-state index contributed by atoms with van der Waals surface area (Å²) in [6, 6.07) is 20.2. The van der Waals surface area contributed by atoms with Crippen LogP contribution in [0.4, 0.5) is 0 Å². The highest BCUT2D eigenvalue weighted by Crippen LogP contribution is 2.43. The van der Waals surface area contributed by atoms with Gasteiger partial charge in [0.1, 0.15) is 49.2 Å². The number of nitrogens with zero attached hydrogens (tertiary/aromatic N) is 4. The SMILES string of the molecule is CCCCCCCCCCCCOc1c2cc(C[N+](C)(C)CCN)cc1Cc1cc(C[N+](C)(C)CCN)cc(c1OCCCCCCCCCCCC)Cc1cc(C[N+](C)(C)CCN)cc(c1OCCCCCCCCCCCC)Cc1cc(C[N+](C)(C)CCN)cc(c1OCCCCCCCCCCCC)C2.[Cl-].[Cl-].[Cl-].[Cl-]. The van der Waals surface area contributed by atoms with Gasteiger partial charge in [-0.05, 0) is 119 Å². The van der Waals surface area contributed by atoms with Crippen molar-refractivity contribution in [3.8, 4) is 23.0 Å². The van der Waals surface area contributed by atoms with Crippen molar-refractivity contribution >= 4 is 0 Å². The predicted molar refractivity (Wildman–Crippen MR) is 465 cm³/mol. The van der Waals surface area contributed by atoms with E-state index in [1.54, 1.807) is 0 Å². The smallest absolute Gasteiger partial charge is 0.126 e. The van der Waals surface area contributed by atoms with Gasteiger partial charge in [-0.2, -0.15) is 0 Å². The molecule has 4 aromatic carbocycles. The maximum absolute atomic E-state index is 7.62. The zero-order valence-corrected chi connectivity index (χ0v) is 77.3. The van der Waals surface area contributed by atoms with E-state index < -0.39 is 0 Å². The Hall–Kier alpha value is -3.08. The Balaban J connectivity index is 0.0000157. The van der Waals surface area contributed by atoms with E-state index in [1.807, 2.05) is 0 Å². The zero-order chi connectivity index (χ0) is 78.1. The number of likely N-dealkylation sites (N-methyl/N-ethyl adjacent to an activating group) is 4. The molecular formula is C96H172Cl4N8O4. The first-order valence-electron chi connectivity index (χ1n) is 45.4. The third-order valence-electron chi connectivity index (χ3n) is 23.1. The van der Waals surface area contributed by atoms with Gasteiger partial charge in [0.2, 0.25) is 0 Å². The van der Waals surface area contributed by atoms with Crippen LogP contribution in [0.3, 0.4) is 0 Å². The molecule has 112 heavy (non-hydrogen) atoms. The highest BCUT2D eigenvalue weighted by molar-refractivity contribution is 5.58. The molecule has 8 N–H and O–H groups in total. The van der Waals surface area contributed by atoms with Crippen molar-refractivity contribution in [2.75, 3.05) is 135 Å². The van der Waals surface area contributed by atoms with E-state index in [-0.39, 0.29) is 49.6 Å². The van der Waals surface area contributed by atoms with Crippen molar-refractivity contribution in [2.45, 2.75) is 336 Å². The van der Waals surface area contributed by atoms with Crippen LogP contribution in [0, 0.1) is 0 Å². The first-order valence-corrected chi connectivity index (χ1v) is 45.4. The van der Waals surface area contributed by atoms with Crippen molar-refractivity contribution in [3.05, 3.63) is 115 Å². The fourth-order valence-corrected chi connectivity index (χ4v) is 17.0. The monoisotopic (exact) mass is 1640 g/mol. The van der Waals surface area contributed by atoms with Gasteiger partial charge in [-0.3, -0.25) is 0 Å². The number of ether oxygens (including phenoxy) is 4. The zero-order valence-electron chi connectivity index (χ0n) is 74.3. The minimum Gasteiger partial charge on any atom is -1.00 e. The van der Waals surface area contributed by atoms with Crippen molar-refractivity contribution in [1.29, 1.82) is 0 Å². The maximum atomic E-state index is 7.62. The number of unbranched alkanes of at least 4 members (excludes halogenated alkanes) is 36. The van der Waals surface area contributed by atoms with Crippen LogP contribution < -0.4 is 91.5 Å². The summed E-state index contributed by atoms with van der Waals surface area (Å²) in [5, 5.41) is 0. The Kier molecular flexibility index (Phi) is 59.3. The summed E-state index contributed by atoms with van der Waals surface area (Å²) in [5.74, 6) is 4.11. The molecule has 648 valence electrons. The number of rotatable bonds is 64. The lowest BCUT2D eigenvalue weighted by atomic mass is 9.88. The van der Waals surface area contributed by atoms with Crippen LogP contribution >= 0.6 is 0 Å². The van der Waals surface area contributed by atoms with E-state index in [1.165, 1.54) is 272 Å². The molecule has 0 aromatic heterocycles. The minimum atomic E-state index is 0. The second-order valence-electron chi connectivity index (χ2n) is 36.2. The van der Waals surface area contributed by atoms with Crippen LogP contribution in [0.15, 0.2) is 48.5 Å². The number of hydrogen-bond acceptors (Lipinski definition) is 8. The number of benzene rings is 4. The number of fused-ring (bicyclic) bond motifs is 8. The first-order chi connectivity index (χ1) is 52.2. The van der Waals surface area contributed by atoms with Crippen LogP contribution in [0.5, 0.6) is 23.0 Å². The molecule has 8 bridgehead atoms. The molecule has 0 saturated heterocycles. The third kappa shape index (κ3) is 44.1. The van der Waals surface area contributed by atoms with Crippen LogP contribution in [-0.4, -0.2) is 153 Å². The topological polar surface area (TPSA) is 141 Å². The Morgan fingerprint density at radius 3 is 0.491 bits per heavy atom. The molecule has 4 aromatic rings. The van der Waals surface area contributed by atoms with Gasteiger partial charge in [0.25, 0.3) is 0 Å². The van der Waals surface area contributed by atoms with Crippen LogP contribution in [-0.2, 0) is 51.9 Å². The molecule has 0 radical (unpaired) electrons. The van der Waals surface area contributed by atoms with Crippen molar-refractivity contribution in [1.82, 2.24) is 0 Å². The van der Waals surface area contributed by atoms with Gasteiger partial charge < -0.3 is 109 Å². The van der Waals surface area contributed by atoms with Gasteiger partial charge in [-0.15, -0.1) is 0 Å². The number of quaternary nitrogens is 4. The van der Waals surface area contributed by atoms with Crippen molar-refractivity contribution in [3.63, 3.8) is 0 Å². The summed E-state index contributed by atoms with van der Waals surface area (Å²) in [6.07, 6.45) is 53.7. The van der Waals surface area contributed by atoms with Gasteiger partial charge in [0.15, 0.2) is 0 Å². The number of nitrogens with two attached hydrogens (primary N) is 4. The average molecular weight is 1640 g/mol. The lowest BCUT2D eigenvalue weighted by Gasteiger charge is -2.31. The Labute approximate surface area is 714 Å². The fourth-order valence-electron chi connectivity index (χ4n) is 17.0. The molecule has 16 heteroatoms. The van der Waals surface area contributed by atoms with Crippen LogP contribution in [0.2, 0.25) is 0 Å². The summed E-state index contributed by atoms with van der Waals surface area (Å²) < 4.78 is 33.6. The first kappa shape index (κ1) is 107. The average Bonchev–Trinajstić information content (AvgIpc) is 0.770. The molecule has 0 fully saturated rings. The Morgan fingerprint density at radius 1 is 0.223 bits per heavy atom. The van der Waals surface area contributed by atoms with Crippen LogP contribution in [0.25, 0.3) is 0 Å². The van der Waals surface area contributed by atoms with Gasteiger partial charge in [-0.1, -0.05) is 259 Å². The van der Waals surface area contributed by atoms with E-state index in [9.17, 15) is 0 Å². The Morgan fingerprint density at radius 2 is 0.357 bits per heavy atom. The molecule has 0 spiro atoms. The largest absolute Gasteiger partial charge is 1.00 e. The summed E-state index contributed by atoms with van der Waals surface area (Å²) in [5.41, 5.74) is 41.0. The van der Waals surface area contributed by atoms with Gasteiger partial charge in [-0.25, -0.2) is 0 Å². The van der Waals surface area contributed by atoms with Gasteiger partial charge >= 0.3 is 0 Å². The molecule has 1 aliphatic rings. The number of hydrogen-bond donors (Lipinski definition) is 4. The normalized spacial score (nSPS) is 12.4. The molecule has 0 heterocycles. The van der Waals surface area contributed by atoms with E-state index in [4.69, 9.17) is 41.9 Å². The molecular weight excluding hydrogens is 1470 g/mol. The molecule has 12 nitrogen and oxygen atoms in total. The number of halogens is 4. The summed E-state index contributed by atoms with van der Waals surface area (Å²) in [4.78, 5) is 0. The highest BCUT2D eigenvalue weighted by atomic mass is 35.5. The molecule has 5 rings (SSSR count). The molecule has 0 saturated carbocycles. The standard InChI is InChI=1S/C96H172N8O4.4ClH/c1-13-17-21-25-29-33-37-41-45-49-61-105-93-85-65-81(77-101(5,6)57-53-97)66-86(93)74-88-68-83(79-103(9,10)59-55-99)70-90(95(88)107-63-51-47-43-39-35-31-27-23-19-15-3)76-92-72-84(80-104(11,12)60-56-100)71-91(96(92)108-64-52-48-44-40-36-32-28-24-20-16-4)75-89-69-82(78-102(7,8)58-54-98)67-87(73-85)94(89)106-62-50-46-42-38-34-30-26-22-18-14-2;;;;/h65-72H,13-64,73-80,97-100H2,1-12H3;4*1H/q+4;;;;/p-4. The molecule has 0 unspecified atom stereocenters. The lowest BCUT2D eigenvalue weighted by Crippen LogP contribution is -3.00. The summed E-state index contributed by atoms with van der Waals surface area (Å²) in [6.45, 7) is 21.3. The van der Waals surface area contributed by atoms with Crippen LogP contribution in [0.1, 0.15) is 351 Å². The molecule has 1 aliphatic carbocycles. The summed E-state index contributed by atoms with van der Waals surface area (Å²) in [7, 11) is 18.8. The van der Waals surface area contributed by atoms with E-state index in [0.29, 0.717) is 78.3 Å². The quantitative estimate of drug-likeness (QED) is 0.0223. The third-order valence-corrected chi connectivity index (χ3v) is 23.1. The lowest BCUT2D eigenvalue weighted by molar-refractivity contribution is -0.902. The maximum Gasteiger partial charge on any atom is 0.126 e. The molecule has 0 aliphatic heterocycles. The Bertz CT molecular complexity index is 2540. The minimum absolute atomic E-state index is 0. The summed E-state index contributed by atoms with van der Waals surface area (Å²) >= 11 is 0. The van der Waals surface area contributed by atoms with Gasteiger partial charge in [0.05, 0.1) is 109 Å². The second kappa shape index (κ2) is 62.1. The van der Waals surface area contributed by atoms with Gasteiger partial charge in [0, 0.05) is 74.1 Å². The second-order valence-corrected chi connectivity index (χ2v) is 36.2. The molecule has 0 atom stereocenters. The highest BCUT2D eigenvalue weighted by Gasteiger charge is 2.29. The van der Waals surface area contributed by atoms with E-state index >= 15 is 0 Å². The fraction of sp³-hybridized carbons (Fsp3) is 0.750. The van der Waals surface area contributed by atoms with E-state index in [0.717, 1.165) is 145 Å². The van der Waals surface area contributed by atoms with Crippen molar-refractivity contribution < 1.29 is 86.5 Å².